The number of anilines is 2. The van der Waals surface area contributed by atoms with Crippen LogP contribution in [-0.2, 0) is 14.3 Å². The summed E-state index contributed by atoms with van der Waals surface area (Å²) in [7, 11) is 0. The van der Waals surface area contributed by atoms with Gasteiger partial charge in [0.15, 0.2) is 13.2 Å². The van der Waals surface area contributed by atoms with Crippen LogP contribution in [0.2, 0.25) is 10.0 Å². The Hall–Kier alpha value is -2.52. The molecule has 2 aliphatic rings. The summed E-state index contributed by atoms with van der Waals surface area (Å²) in [6.45, 7) is 4.14. The maximum Gasteiger partial charge on any atom is 0.265 e. The van der Waals surface area contributed by atoms with Gasteiger partial charge in [0.05, 0.1) is 23.9 Å². The first-order valence-electron chi connectivity index (χ1n) is 10.2. The number of carbonyl (C=O) groups excluding carboxylic acids is 2. The smallest absolute Gasteiger partial charge is 0.265 e. The summed E-state index contributed by atoms with van der Waals surface area (Å²) < 4.78 is 16.4. The average Bonchev–Trinajstić information content (AvgIpc) is 2.78. The summed E-state index contributed by atoms with van der Waals surface area (Å²) in [5.41, 5.74) is 1.17. The van der Waals surface area contributed by atoms with Crippen molar-refractivity contribution in [2.24, 2.45) is 0 Å². The first-order valence-corrected chi connectivity index (χ1v) is 11.0. The Balaban J connectivity index is 1.39. The first kappa shape index (κ1) is 22.7. The molecule has 2 heterocycles. The quantitative estimate of drug-likeness (QED) is 0.657. The van der Waals surface area contributed by atoms with E-state index in [1.165, 1.54) is 0 Å². The molecule has 0 aliphatic carbocycles. The van der Waals surface area contributed by atoms with Gasteiger partial charge in [-0.05, 0) is 36.4 Å². The second kappa shape index (κ2) is 10.4. The van der Waals surface area contributed by atoms with Crippen LogP contribution in [-0.4, -0.2) is 69.3 Å². The number of halogens is 2. The molecule has 1 saturated heterocycles. The van der Waals surface area contributed by atoms with Gasteiger partial charge in [-0.1, -0.05) is 23.2 Å². The van der Waals surface area contributed by atoms with Crippen LogP contribution < -0.4 is 19.7 Å². The van der Waals surface area contributed by atoms with Crippen LogP contribution >= 0.6 is 23.2 Å². The fraction of sp³-hybridized carbons (Fsp3) is 0.364. The van der Waals surface area contributed by atoms with Crippen molar-refractivity contribution in [3.8, 4) is 11.5 Å². The van der Waals surface area contributed by atoms with Gasteiger partial charge in [-0.2, -0.15) is 0 Å². The monoisotopic (exact) mass is 479 g/mol. The molecular formula is C22H23Cl2N3O5. The van der Waals surface area contributed by atoms with E-state index in [0.29, 0.717) is 52.7 Å². The highest BCUT2D eigenvalue weighted by atomic mass is 35.5. The minimum Gasteiger partial charge on any atom is -0.482 e. The lowest BCUT2D eigenvalue weighted by Crippen LogP contribution is -2.45. The maximum atomic E-state index is 12.5. The lowest BCUT2D eigenvalue weighted by molar-refractivity contribution is -0.121. The molecule has 0 bridgehead atoms. The van der Waals surface area contributed by atoms with Gasteiger partial charge in [0.1, 0.15) is 11.5 Å². The predicted molar refractivity (Wildman–Crippen MR) is 122 cm³/mol. The summed E-state index contributed by atoms with van der Waals surface area (Å²) in [6, 6.07) is 9.98. The minimum absolute atomic E-state index is 0.00247. The van der Waals surface area contributed by atoms with Crippen molar-refractivity contribution in [3.05, 3.63) is 46.4 Å². The third-order valence-electron chi connectivity index (χ3n) is 5.18. The Morgan fingerprint density at radius 1 is 1.09 bits per heavy atom. The molecule has 8 nitrogen and oxygen atoms in total. The number of hydrogen-bond donors (Lipinski definition) is 1. The van der Waals surface area contributed by atoms with E-state index < -0.39 is 0 Å². The molecule has 0 atom stereocenters. The van der Waals surface area contributed by atoms with Gasteiger partial charge in [0.2, 0.25) is 0 Å². The molecule has 0 aromatic heterocycles. The molecule has 0 unspecified atom stereocenters. The Morgan fingerprint density at radius 3 is 2.69 bits per heavy atom. The van der Waals surface area contributed by atoms with E-state index in [0.717, 1.165) is 19.6 Å². The maximum absolute atomic E-state index is 12.5. The van der Waals surface area contributed by atoms with E-state index in [4.69, 9.17) is 37.4 Å². The van der Waals surface area contributed by atoms with Crippen molar-refractivity contribution in [2.75, 3.05) is 62.8 Å². The van der Waals surface area contributed by atoms with Crippen LogP contribution in [0.15, 0.2) is 36.4 Å². The minimum atomic E-state index is -0.362. The zero-order valence-electron chi connectivity index (χ0n) is 17.3. The van der Waals surface area contributed by atoms with Crippen LogP contribution in [0.5, 0.6) is 11.5 Å². The fourth-order valence-electron chi connectivity index (χ4n) is 3.52. The second-order valence-corrected chi connectivity index (χ2v) is 8.23. The van der Waals surface area contributed by atoms with Gasteiger partial charge in [-0.25, -0.2) is 0 Å². The number of nitrogens with zero attached hydrogens (tertiary/aromatic N) is 2. The Bertz CT molecular complexity index is 998. The van der Waals surface area contributed by atoms with E-state index >= 15 is 0 Å². The Labute approximate surface area is 195 Å². The van der Waals surface area contributed by atoms with Crippen LogP contribution in [0.3, 0.4) is 0 Å². The molecule has 32 heavy (non-hydrogen) atoms. The predicted octanol–water partition coefficient (Wildman–Crippen LogP) is 3.07. The average molecular weight is 480 g/mol. The van der Waals surface area contributed by atoms with E-state index in [9.17, 15) is 9.59 Å². The van der Waals surface area contributed by atoms with Crippen molar-refractivity contribution in [3.63, 3.8) is 0 Å². The Kier molecular flexibility index (Phi) is 7.36. The highest BCUT2D eigenvalue weighted by Gasteiger charge is 2.26. The molecule has 0 saturated carbocycles. The third kappa shape index (κ3) is 5.63. The topological polar surface area (TPSA) is 80.3 Å². The normalized spacial score (nSPS) is 16.3. The molecule has 170 valence electrons. The molecule has 2 aromatic rings. The number of fused-ring (bicyclic) bond motifs is 1. The van der Waals surface area contributed by atoms with Gasteiger partial charge in [0, 0.05) is 36.9 Å². The molecule has 1 fully saturated rings. The zero-order chi connectivity index (χ0) is 22.5. The van der Waals surface area contributed by atoms with Crippen LogP contribution in [0.1, 0.15) is 0 Å². The van der Waals surface area contributed by atoms with Crippen LogP contribution in [0, 0.1) is 0 Å². The zero-order valence-corrected chi connectivity index (χ0v) is 18.8. The Morgan fingerprint density at radius 2 is 1.91 bits per heavy atom. The largest absolute Gasteiger partial charge is 0.482 e. The molecule has 2 amide bonds. The van der Waals surface area contributed by atoms with Crippen molar-refractivity contribution in [2.45, 2.75) is 0 Å². The van der Waals surface area contributed by atoms with E-state index in [1.54, 1.807) is 41.3 Å². The number of benzene rings is 2. The lowest BCUT2D eigenvalue weighted by atomic mass is 10.2. The number of ether oxygens (including phenoxy) is 3. The van der Waals surface area contributed by atoms with E-state index in [2.05, 4.69) is 10.2 Å². The molecular weight excluding hydrogens is 457 g/mol. The number of rotatable bonds is 7. The lowest BCUT2D eigenvalue weighted by Gasteiger charge is -2.33. The van der Waals surface area contributed by atoms with Crippen molar-refractivity contribution < 1.29 is 23.8 Å². The number of amides is 2. The molecule has 0 spiro atoms. The van der Waals surface area contributed by atoms with E-state index in [1.807, 2.05) is 0 Å². The number of carbonyl (C=O) groups is 2. The number of hydrogen-bond acceptors (Lipinski definition) is 6. The van der Waals surface area contributed by atoms with E-state index in [-0.39, 0.29) is 25.0 Å². The number of nitrogens with one attached hydrogen (secondary N) is 1. The molecule has 4 rings (SSSR count). The highest BCUT2D eigenvalue weighted by molar-refractivity contribution is 6.35. The third-order valence-corrected chi connectivity index (χ3v) is 5.71. The fourth-order valence-corrected chi connectivity index (χ4v) is 3.99. The van der Waals surface area contributed by atoms with Gasteiger partial charge < -0.3 is 24.4 Å². The molecule has 10 heteroatoms. The second-order valence-electron chi connectivity index (χ2n) is 7.38. The summed E-state index contributed by atoms with van der Waals surface area (Å²) in [5.74, 6) is 0.493. The van der Waals surface area contributed by atoms with Gasteiger partial charge in [-0.3, -0.25) is 14.5 Å². The number of morpholine rings is 1. The molecule has 2 aliphatic heterocycles. The van der Waals surface area contributed by atoms with Crippen molar-refractivity contribution in [1.82, 2.24) is 4.90 Å². The van der Waals surface area contributed by atoms with Gasteiger partial charge in [-0.15, -0.1) is 0 Å². The molecule has 2 aromatic carbocycles. The highest BCUT2D eigenvalue weighted by Crippen LogP contribution is 2.34. The van der Waals surface area contributed by atoms with Crippen molar-refractivity contribution >= 4 is 46.4 Å². The summed E-state index contributed by atoms with van der Waals surface area (Å²) in [5, 5.41) is 3.59. The summed E-state index contributed by atoms with van der Waals surface area (Å²) in [4.78, 5) is 28.8. The summed E-state index contributed by atoms with van der Waals surface area (Å²) in [6.07, 6.45) is 0. The van der Waals surface area contributed by atoms with Crippen LogP contribution in [0.25, 0.3) is 0 Å². The first-order chi connectivity index (χ1) is 15.5. The van der Waals surface area contributed by atoms with Crippen molar-refractivity contribution in [1.29, 1.82) is 0 Å². The SMILES string of the molecule is O=C(COc1ccc(Cl)cc1Cl)Nc1ccc2c(c1)N(CCN1CCOCC1)C(=O)CO2. The molecule has 1 N–H and O–H groups in total. The molecule has 0 radical (unpaired) electrons. The van der Waals surface area contributed by atoms with Crippen LogP contribution in [0.4, 0.5) is 11.4 Å². The summed E-state index contributed by atoms with van der Waals surface area (Å²) >= 11 is 11.9. The van der Waals surface area contributed by atoms with Gasteiger partial charge in [0.25, 0.3) is 11.8 Å². The standard InChI is InChI=1S/C22H23Cl2N3O5/c23-15-1-3-19(17(24)11-15)31-13-21(28)25-16-2-4-20-18(12-16)27(22(29)14-32-20)6-5-26-7-9-30-10-8-26/h1-4,11-12H,5-10,13-14H2,(H,25,28). The van der Waals surface area contributed by atoms with Gasteiger partial charge >= 0.3 is 0 Å².